The topological polar surface area (TPSA) is 72.9 Å². The van der Waals surface area contributed by atoms with Crippen LogP contribution >= 0.6 is 0 Å². The lowest BCUT2D eigenvalue weighted by molar-refractivity contribution is -0.146. The zero-order chi connectivity index (χ0) is 20.9. The molecule has 2 heterocycles. The van der Waals surface area contributed by atoms with Gasteiger partial charge in [0.1, 0.15) is 23.2 Å². The van der Waals surface area contributed by atoms with Gasteiger partial charge >= 0.3 is 0 Å². The molecule has 4 rings (SSSR count). The molecule has 0 radical (unpaired) electrons. The number of para-hydroxylation sites is 1. The van der Waals surface area contributed by atoms with Gasteiger partial charge in [-0.1, -0.05) is 6.07 Å². The number of amides is 1. The Balaban J connectivity index is 1.58. The van der Waals surface area contributed by atoms with Crippen LogP contribution < -0.4 is 10.1 Å². The molecule has 30 heavy (non-hydrogen) atoms. The molecule has 0 spiro atoms. The lowest BCUT2D eigenvalue weighted by Crippen LogP contribution is -2.49. The number of ether oxygens (including phenoxy) is 3. The lowest BCUT2D eigenvalue weighted by atomic mass is 10.1. The van der Waals surface area contributed by atoms with E-state index < -0.39 is 11.9 Å². The molecule has 1 aliphatic carbocycles. The van der Waals surface area contributed by atoms with Crippen LogP contribution in [-0.4, -0.2) is 68.0 Å². The van der Waals surface area contributed by atoms with Crippen molar-refractivity contribution in [2.45, 2.75) is 38.0 Å². The Labute approximate surface area is 175 Å². The third kappa shape index (κ3) is 4.88. The van der Waals surface area contributed by atoms with Crippen molar-refractivity contribution in [2.24, 2.45) is 0 Å². The Morgan fingerprint density at radius 1 is 1.37 bits per heavy atom. The molecule has 1 saturated carbocycles. The zero-order valence-corrected chi connectivity index (χ0v) is 17.2. The molecular formula is C22H28FN3O4. The highest BCUT2D eigenvalue weighted by molar-refractivity contribution is 5.86. The number of fused-ring (bicyclic) bond motifs is 1. The Hall–Kier alpha value is -2.29. The molecule has 1 N–H and O–H groups in total. The number of methoxy groups -OCH3 is 1. The van der Waals surface area contributed by atoms with Crippen LogP contribution in [0.5, 0.6) is 5.75 Å². The first kappa shape index (κ1) is 21.0. The summed E-state index contributed by atoms with van der Waals surface area (Å²) in [5, 5.41) is 3.83. The van der Waals surface area contributed by atoms with Gasteiger partial charge in [-0.2, -0.15) is 0 Å². The average molecular weight is 417 g/mol. The Kier molecular flexibility index (Phi) is 6.76. The Morgan fingerprint density at radius 3 is 2.97 bits per heavy atom. The second kappa shape index (κ2) is 9.68. The number of hydrogen-bond donors (Lipinski definition) is 1. The van der Waals surface area contributed by atoms with Gasteiger partial charge in [0, 0.05) is 50.7 Å². The number of benzene rings is 1. The number of aromatic nitrogens is 1. The van der Waals surface area contributed by atoms with Crippen LogP contribution in [0.4, 0.5) is 4.39 Å². The normalized spacial score (nSPS) is 19.1. The first-order valence-corrected chi connectivity index (χ1v) is 10.5. The van der Waals surface area contributed by atoms with Crippen LogP contribution in [0.1, 0.15) is 25.0 Å². The SMILES string of the molecule is COCCCOc1cc(CN(C(=O)[C@H]2CNCCO2)C2CC2)nc2c(F)cccc12. The van der Waals surface area contributed by atoms with Crippen LogP contribution in [-0.2, 0) is 20.8 Å². The number of nitrogens with zero attached hydrogens (tertiary/aromatic N) is 2. The van der Waals surface area contributed by atoms with E-state index in [1.807, 2.05) is 11.0 Å². The maximum Gasteiger partial charge on any atom is 0.253 e. The standard InChI is InChI=1S/C22H28FN3O4/c1-28-9-3-10-29-19-12-15(25-21-17(19)4-2-5-18(21)23)14-26(16-6-7-16)22(27)20-13-24-8-11-30-20/h2,4-5,12,16,20,24H,3,6-11,13-14H2,1H3/t20-/m1/s1. The quantitative estimate of drug-likeness (QED) is 0.631. The molecular weight excluding hydrogens is 389 g/mol. The van der Waals surface area contributed by atoms with E-state index in [1.54, 1.807) is 19.2 Å². The summed E-state index contributed by atoms with van der Waals surface area (Å²) in [7, 11) is 1.64. The molecule has 1 saturated heterocycles. The average Bonchev–Trinajstić information content (AvgIpc) is 3.61. The van der Waals surface area contributed by atoms with Gasteiger partial charge in [-0.25, -0.2) is 9.37 Å². The molecule has 0 bridgehead atoms. The molecule has 1 aliphatic heterocycles. The largest absolute Gasteiger partial charge is 0.493 e. The van der Waals surface area contributed by atoms with Crippen molar-refractivity contribution >= 4 is 16.8 Å². The molecule has 1 atom stereocenters. The Bertz CT molecular complexity index is 884. The fraction of sp³-hybridized carbons (Fsp3) is 0.545. The number of nitrogens with one attached hydrogen (secondary N) is 1. The minimum Gasteiger partial charge on any atom is -0.493 e. The van der Waals surface area contributed by atoms with E-state index in [0.717, 1.165) is 25.8 Å². The highest BCUT2D eigenvalue weighted by Gasteiger charge is 2.37. The molecule has 0 unspecified atom stereocenters. The highest BCUT2D eigenvalue weighted by Crippen LogP contribution is 2.32. The van der Waals surface area contributed by atoms with Crippen molar-refractivity contribution in [1.29, 1.82) is 0 Å². The van der Waals surface area contributed by atoms with Crippen molar-refractivity contribution in [1.82, 2.24) is 15.2 Å². The summed E-state index contributed by atoms with van der Waals surface area (Å²) in [5.41, 5.74) is 0.869. The Morgan fingerprint density at radius 2 is 2.23 bits per heavy atom. The van der Waals surface area contributed by atoms with Crippen molar-refractivity contribution in [3.63, 3.8) is 0 Å². The van der Waals surface area contributed by atoms with Crippen molar-refractivity contribution < 1.29 is 23.4 Å². The summed E-state index contributed by atoms with van der Waals surface area (Å²) in [6.07, 6.45) is 2.17. The molecule has 8 heteroatoms. The van der Waals surface area contributed by atoms with Crippen LogP contribution in [0.15, 0.2) is 24.3 Å². The molecule has 1 aromatic heterocycles. The maximum absolute atomic E-state index is 14.5. The van der Waals surface area contributed by atoms with Crippen molar-refractivity contribution in [2.75, 3.05) is 40.0 Å². The van der Waals surface area contributed by atoms with Crippen LogP contribution in [0.2, 0.25) is 0 Å². The van der Waals surface area contributed by atoms with Crippen LogP contribution in [0.3, 0.4) is 0 Å². The minimum atomic E-state index is -0.485. The molecule has 2 aliphatic rings. The van der Waals surface area contributed by atoms with E-state index >= 15 is 0 Å². The van der Waals surface area contributed by atoms with Crippen LogP contribution in [0, 0.1) is 5.82 Å². The van der Waals surface area contributed by atoms with E-state index in [-0.39, 0.29) is 17.5 Å². The summed E-state index contributed by atoms with van der Waals surface area (Å²) in [6, 6.07) is 6.84. The van der Waals surface area contributed by atoms with Gasteiger partial charge in [-0.15, -0.1) is 0 Å². The fourth-order valence-electron chi connectivity index (χ4n) is 3.68. The first-order valence-electron chi connectivity index (χ1n) is 10.5. The molecule has 2 aromatic rings. The number of carbonyl (C=O) groups excluding carboxylic acids is 1. The number of pyridine rings is 1. The molecule has 1 aromatic carbocycles. The van der Waals surface area contributed by atoms with Gasteiger partial charge < -0.3 is 24.4 Å². The molecule has 1 amide bonds. The summed E-state index contributed by atoms with van der Waals surface area (Å²) in [6.45, 7) is 3.13. The second-order valence-corrected chi connectivity index (χ2v) is 7.70. The van der Waals surface area contributed by atoms with Gasteiger partial charge in [0.15, 0.2) is 0 Å². The monoisotopic (exact) mass is 417 g/mol. The van der Waals surface area contributed by atoms with E-state index in [4.69, 9.17) is 14.2 Å². The van der Waals surface area contributed by atoms with E-state index in [2.05, 4.69) is 10.3 Å². The summed E-state index contributed by atoms with van der Waals surface area (Å²) < 4.78 is 31.1. The number of hydrogen-bond acceptors (Lipinski definition) is 6. The summed E-state index contributed by atoms with van der Waals surface area (Å²) in [5.74, 6) is 0.132. The maximum atomic E-state index is 14.5. The fourth-order valence-corrected chi connectivity index (χ4v) is 3.68. The van der Waals surface area contributed by atoms with E-state index in [0.29, 0.717) is 49.7 Å². The predicted octanol–water partition coefficient (Wildman–Crippen LogP) is 2.27. The van der Waals surface area contributed by atoms with Gasteiger partial charge in [-0.3, -0.25) is 4.79 Å². The molecule has 7 nitrogen and oxygen atoms in total. The molecule has 162 valence electrons. The lowest BCUT2D eigenvalue weighted by Gasteiger charge is -2.30. The van der Waals surface area contributed by atoms with Gasteiger partial charge in [-0.05, 0) is 25.0 Å². The van der Waals surface area contributed by atoms with Crippen LogP contribution in [0.25, 0.3) is 10.9 Å². The third-order valence-electron chi connectivity index (χ3n) is 5.36. The minimum absolute atomic E-state index is 0.0392. The smallest absolute Gasteiger partial charge is 0.253 e. The second-order valence-electron chi connectivity index (χ2n) is 7.70. The third-order valence-corrected chi connectivity index (χ3v) is 5.36. The number of carbonyl (C=O) groups is 1. The van der Waals surface area contributed by atoms with Gasteiger partial charge in [0.2, 0.25) is 0 Å². The predicted molar refractivity (Wildman–Crippen MR) is 110 cm³/mol. The van der Waals surface area contributed by atoms with Gasteiger partial charge in [0.25, 0.3) is 5.91 Å². The summed E-state index contributed by atoms with van der Waals surface area (Å²) >= 11 is 0. The van der Waals surface area contributed by atoms with Gasteiger partial charge in [0.05, 0.1) is 25.5 Å². The first-order chi connectivity index (χ1) is 14.7. The van der Waals surface area contributed by atoms with Crippen molar-refractivity contribution in [3.8, 4) is 5.75 Å². The van der Waals surface area contributed by atoms with E-state index in [1.165, 1.54) is 6.07 Å². The highest BCUT2D eigenvalue weighted by atomic mass is 19.1. The van der Waals surface area contributed by atoms with E-state index in [9.17, 15) is 9.18 Å². The summed E-state index contributed by atoms with van der Waals surface area (Å²) in [4.78, 5) is 19.4. The number of rotatable bonds is 9. The van der Waals surface area contributed by atoms with Crippen molar-refractivity contribution in [3.05, 3.63) is 35.8 Å². The number of halogens is 1. The number of morpholine rings is 1. The zero-order valence-electron chi connectivity index (χ0n) is 17.2. The molecule has 2 fully saturated rings.